The van der Waals surface area contributed by atoms with Crippen LogP contribution in [-0.2, 0) is 11.0 Å². The normalized spacial score (nSPS) is 11.1. The lowest BCUT2D eigenvalue weighted by molar-refractivity contribution is -0.137. The Hall–Kier alpha value is -2.50. The van der Waals surface area contributed by atoms with E-state index in [-0.39, 0.29) is 18.0 Å². The first-order valence-corrected chi connectivity index (χ1v) is 7.13. The van der Waals surface area contributed by atoms with Gasteiger partial charge < -0.3 is 10.6 Å². The van der Waals surface area contributed by atoms with Gasteiger partial charge in [0.2, 0.25) is 5.91 Å². The number of nitrogens with one attached hydrogen (secondary N) is 2. The van der Waals surface area contributed by atoms with Crippen molar-refractivity contribution in [3.63, 3.8) is 0 Å². The van der Waals surface area contributed by atoms with Crippen molar-refractivity contribution in [3.05, 3.63) is 59.7 Å². The zero-order chi connectivity index (χ0) is 16.9. The summed E-state index contributed by atoms with van der Waals surface area (Å²) in [5.41, 5.74) is 1.35. The number of alkyl halides is 3. The lowest BCUT2D eigenvalue weighted by atomic mass is 10.2. The average molecular weight is 322 g/mol. The minimum absolute atomic E-state index is 0.140. The second-order valence-electron chi connectivity index (χ2n) is 5.12. The predicted molar refractivity (Wildman–Crippen MR) is 84.4 cm³/mol. The predicted octanol–water partition coefficient (Wildman–Crippen LogP) is 4.45. The first-order valence-electron chi connectivity index (χ1n) is 7.13. The fraction of sp³-hybridized carbons (Fsp3) is 0.235. The van der Waals surface area contributed by atoms with E-state index < -0.39 is 11.7 Å². The third kappa shape index (κ3) is 5.02. The number of benzene rings is 2. The van der Waals surface area contributed by atoms with E-state index in [1.807, 2.05) is 31.2 Å². The topological polar surface area (TPSA) is 41.1 Å². The summed E-state index contributed by atoms with van der Waals surface area (Å²) >= 11 is 0. The number of rotatable bonds is 5. The van der Waals surface area contributed by atoms with Crippen molar-refractivity contribution in [1.82, 2.24) is 0 Å². The number of hydrogen-bond acceptors (Lipinski definition) is 2. The van der Waals surface area contributed by atoms with Crippen LogP contribution in [0.4, 0.5) is 24.5 Å². The molecule has 122 valence electrons. The molecule has 0 bridgehead atoms. The summed E-state index contributed by atoms with van der Waals surface area (Å²) in [6.07, 6.45) is -4.27. The number of carbonyl (C=O) groups excluding carboxylic acids is 1. The molecule has 0 aliphatic heterocycles. The van der Waals surface area contributed by atoms with Crippen LogP contribution in [0, 0.1) is 6.92 Å². The summed E-state index contributed by atoms with van der Waals surface area (Å²) in [6, 6.07) is 12.2. The lowest BCUT2D eigenvalue weighted by Gasteiger charge is -2.11. The van der Waals surface area contributed by atoms with Gasteiger partial charge in [-0.05, 0) is 36.8 Å². The zero-order valence-corrected chi connectivity index (χ0v) is 12.6. The molecule has 0 atom stereocenters. The standard InChI is InChI=1S/C17H17F3N2O/c1-12-5-2-3-8-15(12)21-10-9-16(23)22-14-7-4-6-13(11-14)17(18,19)20/h2-8,11,21H,9-10H2,1H3,(H,22,23). The lowest BCUT2D eigenvalue weighted by Crippen LogP contribution is -2.17. The van der Waals surface area contributed by atoms with Gasteiger partial charge >= 0.3 is 6.18 Å². The van der Waals surface area contributed by atoms with E-state index >= 15 is 0 Å². The van der Waals surface area contributed by atoms with Gasteiger partial charge in [0.25, 0.3) is 0 Å². The molecule has 2 aromatic carbocycles. The van der Waals surface area contributed by atoms with Crippen LogP contribution >= 0.6 is 0 Å². The van der Waals surface area contributed by atoms with E-state index in [2.05, 4.69) is 10.6 Å². The highest BCUT2D eigenvalue weighted by Gasteiger charge is 2.30. The smallest absolute Gasteiger partial charge is 0.384 e. The largest absolute Gasteiger partial charge is 0.416 e. The molecule has 0 radical (unpaired) electrons. The molecule has 0 saturated carbocycles. The van der Waals surface area contributed by atoms with E-state index in [9.17, 15) is 18.0 Å². The van der Waals surface area contributed by atoms with Crippen molar-refractivity contribution in [2.24, 2.45) is 0 Å². The van der Waals surface area contributed by atoms with Crippen LogP contribution in [0.1, 0.15) is 17.5 Å². The minimum Gasteiger partial charge on any atom is -0.384 e. The molecule has 0 spiro atoms. The number of halogens is 3. The zero-order valence-electron chi connectivity index (χ0n) is 12.6. The molecule has 2 aromatic rings. The molecular weight excluding hydrogens is 305 g/mol. The Morgan fingerprint density at radius 2 is 1.83 bits per heavy atom. The monoisotopic (exact) mass is 322 g/mol. The molecule has 6 heteroatoms. The summed E-state index contributed by atoms with van der Waals surface area (Å²) in [5, 5.41) is 5.60. The summed E-state index contributed by atoms with van der Waals surface area (Å²) in [4.78, 5) is 11.8. The molecule has 0 saturated heterocycles. The van der Waals surface area contributed by atoms with Gasteiger partial charge in [-0.25, -0.2) is 0 Å². The highest BCUT2D eigenvalue weighted by molar-refractivity contribution is 5.91. The Labute approximate surface area is 132 Å². The maximum Gasteiger partial charge on any atom is 0.416 e. The van der Waals surface area contributed by atoms with Crippen molar-refractivity contribution < 1.29 is 18.0 Å². The van der Waals surface area contributed by atoms with Crippen molar-refractivity contribution in [1.29, 1.82) is 0 Å². The third-order valence-electron chi connectivity index (χ3n) is 3.29. The maximum atomic E-state index is 12.6. The van der Waals surface area contributed by atoms with Crippen LogP contribution in [-0.4, -0.2) is 12.5 Å². The molecule has 23 heavy (non-hydrogen) atoms. The number of hydrogen-bond donors (Lipinski definition) is 2. The molecule has 0 fully saturated rings. The molecule has 3 nitrogen and oxygen atoms in total. The van der Waals surface area contributed by atoms with Gasteiger partial charge in [0.05, 0.1) is 5.56 Å². The van der Waals surface area contributed by atoms with E-state index in [0.29, 0.717) is 6.54 Å². The quantitative estimate of drug-likeness (QED) is 0.853. The highest BCUT2D eigenvalue weighted by atomic mass is 19.4. The van der Waals surface area contributed by atoms with Crippen molar-refractivity contribution in [3.8, 4) is 0 Å². The number of para-hydroxylation sites is 1. The molecule has 0 unspecified atom stereocenters. The summed E-state index contributed by atoms with van der Waals surface area (Å²) < 4.78 is 37.8. The van der Waals surface area contributed by atoms with Crippen molar-refractivity contribution in [2.75, 3.05) is 17.2 Å². The van der Waals surface area contributed by atoms with E-state index in [4.69, 9.17) is 0 Å². The first-order chi connectivity index (χ1) is 10.9. The second-order valence-corrected chi connectivity index (χ2v) is 5.12. The molecule has 0 aromatic heterocycles. The van der Waals surface area contributed by atoms with Gasteiger partial charge in [0.15, 0.2) is 0 Å². The van der Waals surface area contributed by atoms with E-state index in [1.54, 1.807) is 0 Å². The van der Waals surface area contributed by atoms with Gasteiger partial charge in [0, 0.05) is 24.3 Å². The summed E-state index contributed by atoms with van der Waals surface area (Å²) in [6.45, 7) is 2.35. The molecule has 0 aliphatic rings. The molecule has 0 heterocycles. The SMILES string of the molecule is Cc1ccccc1NCCC(=O)Nc1cccc(C(F)(F)F)c1. The van der Waals surface area contributed by atoms with Gasteiger partial charge in [-0.15, -0.1) is 0 Å². The van der Waals surface area contributed by atoms with E-state index in [0.717, 1.165) is 23.4 Å². The Balaban J connectivity index is 1.87. The summed E-state index contributed by atoms with van der Waals surface area (Å²) in [7, 11) is 0. The van der Waals surface area contributed by atoms with E-state index in [1.165, 1.54) is 12.1 Å². The Morgan fingerprint density at radius 3 is 2.52 bits per heavy atom. The number of carbonyl (C=O) groups is 1. The average Bonchev–Trinajstić information content (AvgIpc) is 2.48. The number of anilines is 2. The minimum atomic E-state index is -4.42. The number of aryl methyl sites for hydroxylation is 1. The van der Waals surface area contributed by atoms with Crippen molar-refractivity contribution >= 4 is 17.3 Å². The fourth-order valence-corrected chi connectivity index (χ4v) is 2.08. The second kappa shape index (κ2) is 7.17. The van der Waals surface area contributed by atoms with Crippen molar-refractivity contribution in [2.45, 2.75) is 19.5 Å². The number of amides is 1. The van der Waals surface area contributed by atoms with Gasteiger partial charge in [-0.1, -0.05) is 24.3 Å². The maximum absolute atomic E-state index is 12.6. The highest BCUT2D eigenvalue weighted by Crippen LogP contribution is 2.30. The molecule has 0 aliphatic carbocycles. The fourth-order valence-electron chi connectivity index (χ4n) is 2.08. The first kappa shape index (κ1) is 16.9. The Kier molecular flexibility index (Phi) is 5.26. The van der Waals surface area contributed by atoms with Crippen LogP contribution < -0.4 is 10.6 Å². The molecular formula is C17H17F3N2O. The summed E-state index contributed by atoms with van der Waals surface area (Å²) in [5.74, 6) is -0.342. The molecule has 2 N–H and O–H groups in total. The van der Waals surface area contributed by atoms with Crippen LogP contribution in [0.5, 0.6) is 0 Å². The van der Waals surface area contributed by atoms with Gasteiger partial charge in [0.1, 0.15) is 0 Å². The molecule has 1 amide bonds. The van der Waals surface area contributed by atoms with Crippen LogP contribution in [0.3, 0.4) is 0 Å². The Morgan fingerprint density at radius 1 is 1.09 bits per heavy atom. The van der Waals surface area contributed by atoms with Crippen LogP contribution in [0.25, 0.3) is 0 Å². The third-order valence-corrected chi connectivity index (χ3v) is 3.29. The molecule has 2 rings (SSSR count). The van der Waals surface area contributed by atoms with Gasteiger partial charge in [-0.3, -0.25) is 4.79 Å². The van der Waals surface area contributed by atoms with Crippen LogP contribution in [0.2, 0.25) is 0 Å². The van der Waals surface area contributed by atoms with Crippen LogP contribution in [0.15, 0.2) is 48.5 Å². The van der Waals surface area contributed by atoms with Gasteiger partial charge in [-0.2, -0.15) is 13.2 Å². The Bertz CT molecular complexity index is 684.